The Labute approximate surface area is 118 Å². The second-order valence-corrected chi connectivity index (χ2v) is 5.01. The van der Waals surface area contributed by atoms with Crippen LogP contribution in [-0.4, -0.2) is 17.6 Å². The van der Waals surface area contributed by atoms with Crippen LogP contribution in [0.2, 0.25) is 0 Å². The molecule has 0 fully saturated rings. The molecule has 0 amide bonds. The molecule has 2 aromatic rings. The zero-order valence-electron chi connectivity index (χ0n) is 11.4. The van der Waals surface area contributed by atoms with Crippen molar-refractivity contribution < 1.29 is 5.21 Å². The van der Waals surface area contributed by atoms with Crippen molar-refractivity contribution >= 4 is 17.2 Å². The molecule has 3 rings (SSSR count). The molecular formula is C16H17N3O. The summed E-state index contributed by atoms with van der Waals surface area (Å²) in [4.78, 5) is 2.30. The van der Waals surface area contributed by atoms with Gasteiger partial charge in [-0.05, 0) is 48.7 Å². The van der Waals surface area contributed by atoms with Crippen molar-refractivity contribution in [2.24, 2.45) is 10.9 Å². The SMILES string of the molecule is Cc1cc(N2CCc3ccccc32)ccc1/C(N)=N/O. The Hall–Kier alpha value is -2.49. The van der Waals surface area contributed by atoms with Crippen molar-refractivity contribution in [1.29, 1.82) is 0 Å². The molecule has 0 aliphatic carbocycles. The number of nitrogens with two attached hydrogens (primary N) is 1. The number of nitrogens with zero attached hydrogens (tertiary/aromatic N) is 2. The van der Waals surface area contributed by atoms with E-state index < -0.39 is 0 Å². The summed E-state index contributed by atoms with van der Waals surface area (Å²) in [5.74, 6) is 0.149. The second-order valence-electron chi connectivity index (χ2n) is 5.01. The van der Waals surface area contributed by atoms with Gasteiger partial charge in [0.1, 0.15) is 0 Å². The van der Waals surface area contributed by atoms with Crippen LogP contribution in [0.4, 0.5) is 11.4 Å². The van der Waals surface area contributed by atoms with Gasteiger partial charge in [0.25, 0.3) is 0 Å². The summed E-state index contributed by atoms with van der Waals surface area (Å²) in [5.41, 5.74) is 11.2. The van der Waals surface area contributed by atoms with E-state index in [1.165, 1.54) is 11.3 Å². The van der Waals surface area contributed by atoms with Crippen molar-refractivity contribution in [3.8, 4) is 0 Å². The molecule has 0 saturated carbocycles. The summed E-state index contributed by atoms with van der Waals surface area (Å²) in [7, 11) is 0. The first-order chi connectivity index (χ1) is 9.70. The average Bonchev–Trinajstić information content (AvgIpc) is 2.90. The van der Waals surface area contributed by atoms with Gasteiger partial charge < -0.3 is 15.8 Å². The Morgan fingerprint density at radius 3 is 2.80 bits per heavy atom. The molecule has 0 atom stereocenters. The molecule has 2 aromatic carbocycles. The van der Waals surface area contributed by atoms with Crippen LogP contribution in [0.1, 0.15) is 16.7 Å². The first-order valence-corrected chi connectivity index (χ1v) is 6.64. The maximum atomic E-state index is 8.78. The van der Waals surface area contributed by atoms with E-state index in [1.807, 2.05) is 19.1 Å². The molecule has 0 spiro atoms. The topological polar surface area (TPSA) is 61.8 Å². The van der Waals surface area contributed by atoms with Gasteiger partial charge in [0.2, 0.25) is 0 Å². The highest BCUT2D eigenvalue weighted by Gasteiger charge is 2.20. The first kappa shape index (κ1) is 12.5. The van der Waals surface area contributed by atoms with Crippen LogP contribution in [0.3, 0.4) is 0 Å². The number of rotatable bonds is 2. The van der Waals surface area contributed by atoms with Crippen LogP contribution in [0, 0.1) is 6.92 Å². The van der Waals surface area contributed by atoms with Crippen molar-refractivity contribution in [2.45, 2.75) is 13.3 Å². The Morgan fingerprint density at radius 1 is 1.25 bits per heavy atom. The Kier molecular flexibility index (Phi) is 3.06. The fourth-order valence-corrected chi connectivity index (χ4v) is 2.76. The fourth-order valence-electron chi connectivity index (χ4n) is 2.76. The third kappa shape index (κ3) is 1.99. The van der Waals surface area contributed by atoms with Gasteiger partial charge in [-0.1, -0.05) is 23.4 Å². The minimum atomic E-state index is 0.149. The maximum Gasteiger partial charge on any atom is 0.170 e. The largest absolute Gasteiger partial charge is 0.409 e. The van der Waals surface area contributed by atoms with Gasteiger partial charge in [0, 0.05) is 23.5 Å². The molecule has 0 aromatic heterocycles. The van der Waals surface area contributed by atoms with E-state index >= 15 is 0 Å². The zero-order chi connectivity index (χ0) is 14.1. The smallest absolute Gasteiger partial charge is 0.170 e. The molecule has 102 valence electrons. The van der Waals surface area contributed by atoms with E-state index in [0.717, 1.165) is 29.8 Å². The molecule has 0 unspecified atom stereocenters. The van der Waals surface area contributed by atoms with Crippen molar-refractivity contribution in [1.82, 2.24) is 0 Å². The molecule has 20 heavy (non-hydrogen) atoms. The second kappa shape index (κ2) is 4.89. The van der Waals surface area contributed by atoms with Crippen molar-refractivity contribution in [2.75, 3.05) is 11.4 Å². The normalized spacial score (nSPS) is 14.4. The van der Waals surface area contributed by atoms with E-state index in [9.17, 15) is 0 Å². The number of aryl methyl sites for hydroxylation is 1. The van der Waals surface area contributed by atoms with E-state index in [1.54, 1.807) is 0 Å². The zero-order valence-corrected chi connectivity index (χ0v) is 11.4. The van der Waals surface area contributed by atoms with Gasteiger partial charge in [0.15, 0.2) is 5.84 Å². The lowest BCUT2D eigenvalue weighted by Gasteiger charge is -2.20. The third-order valence-electron chi connectivity index (χ3n) is 3.79. The molecule has 1 heterocycles. The van der Waals surface area contributed by atoms with Crippen LogP contribution >= 0.6 is 0 Å². The number of amidine groups is 1. The van der Waals surface area contributed by atoms with E-state index in [0.29, 0.717) is 0 Å². The minimum Gasteiger partial charge on any atom is -0.409 e. The van der Waals surface area contributed by atoms with Gasteiger partial charge >= 0.3 is 0 Å². The van der Waals surface area contributed by atoms with Crippen molar-refractivity contribution in [3.63, 3.8) is 0 Å². The molecule has 0 saturated heterocycles. The quantitative estimate of drug-likeness (QED) is 0.380. The highest BCUT2D eigenvalue weighted by molar-refractivity contribution is 5.98. The highest BCUT2D eigenvalue weighted by atomic mass is 16.4. The number of anilines is 2. The lowest BCUT2D eigenvalue weighted by molar-refractivity contribution is 0.318. The Bertz CT molecular complexity index is 679. The van der Waals surface area contributed by atoms with Crippen molar-refractivity contribution in [3.05, 3.63) is 59.2 Å². The number of hydrogen-bond donors (Lipinski definition) is 2. The number of fused-ring (bicyclic) bond motifs is 1. The highest BCUT2D eigenvalue weighted by Crippen LogP contribution is 2.34. The third-order valence-corrected chi connectivity index (χ3v) is 3.79. The van der Waals surface area contributed by atoms with Crippen LogP contribution < -0.4 is 10.6 Å². The van der Waals surface area contributed by atoms with E-state index in [-0.39, 0.29) is 5.84 Å². The lowest BCUT2D eigenvalue weighted by Crippen LogP contribution is -2.17. The number of oxime groups is 1. The van der Waals surface area contributed by atoms with E-state index in [2.05, 4.69) is 40.4 Å². The van der Waals surface area contributed by atoms with Crippen LogP contribution in [0.15, 0.2) is 47.6 Å². The number of benzene rings is 2. The summed E-state index contributed by atoms with van der Waals surface area (Å²) in [6, 6.07) is 14.5. The lowest BCUT2D eigenvalue weighted by atomic mass is 10.1. The molecular weight excluding hydrogens is 250 g/mol. The fraction of sp³-hybridized carbons (Fsp3) is 0.188. The Balaban J connectivity index is 1.99. The van der Waals surface area contributed by atoms with Crippen LogP contribution in [0.25, 0.3) is 0 Å². The molecule has 4 heteroatoms. The predicted molar refractivity (Wildman–Crippen MR) is 80.8 cm³/mol. The van der Waals surface area contributed by atoms with Crippen LogP contribution in [-0.2, 0) is 6.42 Å². The summed E-state index contributed by atoms with van der Waals surface area (Å²) < 4.78 is 0. The molecule has 4 nitrogen and oxygen atoms in total. The molecule has 1 aliphatic heterocycles. The summed E-state index contributed by atoms with van der Waals surface area (Å²) >= 11 is 0. The maximum absolute atomic E-state index is 8.78. The van der Waals surface area contributed by atoms with Crippen LogP contribution in [0.5, 0.6) is 0 Å². The molecule has 0 bridgehead atoms. The molecule has 0 radical (unpaired) electrons. The molecule has 1 aliphatic rings. The van der Waals surface area contributed by atoms with Gasteiger partial charge in [0.05, 0.1) is 0 Å². The first-order valence-electron chi connectivity index (χ1n) is 6.64. The average molecular weight is 267 g/mol. The van der Waals surface area contributed by atoms with Gasteiger partial charge in [-0.25, -0.2) is 0 Å². The van der Waals surface area contributed by atoms with Gasteiger partial charge in [-0.3, -0.25) is 0 Å². The number of para-hydroxylation sites is 1. The predicted octanol–water partition coefficient (Wildman–Crippen LogP) is 2.78. The minimum absolute atomic E-state index is 0.149. The standard InChI is InChI=1S/C16H17N3O/c1-11-10-13(6-7-14(11)16(17)18-20)19-9-8-12-4-2-3-5-15(12)19/h2-7,10,20H,8-9H2,1H3,(H2,17,18). The number of hydrogen-bond acceptors (Lipinski definition) is 3. The molecule has 3 N–H and O–H groups in total. The van der Waals surface area contributed by atoms with E-state index in [4.69, 9.17) is 10.9 Å². The summed E-state index contributed by atoms with van der Waals surface area (Å²) in [5, 5.41) is 11.8. The van der Waals surface area contributed by atoms with Gasteiger partial charge in [-0.2, -0.15) is 0 Å². The summed E-state index contributed by atoms with van der Waals surface area (Å²) in [6.07, 6.45) is 1.07. The monoisotopic (exact) mass is 267 g/mol. The van der Waals surface area contributed by atoms with Gasteiger partial charge in [-0.15, -0.1) is 0 Å². The Morgan fingerprint density at radius 2 is 2.05 bits per heavy atom. The summed E-state index contributed by atoms with van der Waals surface area (Å²) in [6.45, 7) is 2.96.